The van der Waals surface area contributed by atoms with Gasteiger partial charge in [0.1, 0.15) is 6.04 Å². The molecule has 0 aliphatic carbocycles. The van der Waals surface area contributed by atoms with Crippen molar-refractivity contribution in [2.75, 3.05) is 13.2 Å². The molecule has 1 saturated heterocycles. The van der Waals surface area contributed by atoms with Crippen LogP contribution in [0, 0.1) is 0 Å². The van der Waals surface area contributed by atoms with Gasteiger partial charge in [-0.3, -0.25) is 14.6 Å². The number of aryl methyl sites for hydroxylation is 1. The molecule has 1 unspecified atom stereocenters. The second-order valence-electron chi connectivity index (χ2n) is 6.52. The molecule has 138 valence electrons. The van der Waals surface area contributed by atoms with Crippen LogP contribution < -0.4 is 5.43 Å². The molecule has 0 bridgehead atoms. The van der Waals surface area contributed by atoms with Crippen LogP contribution in [0.2, 0.25) is 0 Å². The molecule has 0 saturated carbocycles. The Balaban J connectivity index is 2.00. The molecule has 1 aliphatic rings. The van der Waals surface area contributed by atoms with Gasteiger partial charge in [0, 0.05) is 13.0 Å². The Morgan fingerprint density at radius 1 is 1.16 bits per heavy atom. The Bertz CT molecular complexity index is 533. The third-order valence-corrected chi connectivity index (χ3v) is 4.52. The molecule has 1 N–H and O–H groups in total. The van der Waals surface area contributed by atoms with Gasteiger partial charge in [0.25, 0.3) is 0 Å². The Morgan fingerprint density at radius 3 is 2.64 bits per heavy atom. The number of hydrogen-bond acceptors (Lipinski definition) is 4. The van der Waals surface area contributed by atoms with Crippen LogP contribution in [0.1, 0.15) is 57.4 Å². The molecule has 5 heteroatoms. The third kappa shape index (κ3) is 6.86. The zero-order valence-electron chi connectivity index (χ0n) is 15.2. The van der Waals surface area contributed by atoms with Gasteiger partial charge in [0.2, 0.25) is 5.91 Å². The summed E-state index contributed by atoms with van der Waals surface area (Å²) in [5.41, 5.74) is 4.34. The maximum Gasteiger partial charge on any atom is 0.324 e. The van der Waals surface area contributed by atoms with Gasteiger partial charge >= 0.3 is 5.97 Å². The molecule has 1 fully saturated rings. The lowest BCUT2D eigenvalue weighted by Gasteiger charge is -2.28. The standard InChI is InChI=1S/C20H30N2O3/c1-2-25-20(24)18(15-14-17-11-7-6-8-12-17)21-22-16-10-5-3-4-9-13-19(22)23/h6-8,11-12,18,21H,2-5,9-10,13-16H2,1H3. The first-order valence-electron chi connectivity index (χ1n) is 9.47. The smallest absolute Gasteiger partial charge is 0.324 e. The summed E-state index contributed by atoms with van der Waals surface area (Å²) in [6.45, 7) is 2.80. The van der Waals surface area contributed by atoms with Gasteiger partial charge in [-0.05, 0) is 38.2 Å². The summed E-state index contributed by atoms with van der Waals surface area (Å²) in [7, 11) is 0. The lowest BCUT2D eigenvalue weighted by molar-refractivity contribution is -0.149. The molecule has 1 aromatic carbocycles. The fourth-order valence-corrected chi connectivity index (χ4v) is 3.09. The van der Waals surface area contributed by atoms with Crippen molar-refractivity contribution < 1.29 is 14.3 Å². The molecule has 0 aromatic heterocycles. The number of esters is 1. The van der Waals surface area contributed by atoms with Crippen molar-refractivity contribution in [3.63, 3.8) is 0 Å². The van der Waals surface area contributed by atoms with Crippen molar-refractivity contribution in [2.45, 2.75) is 64.3 Å². The predicted octanol–water partition coefficient (Wildman–Crippen LogP) is 3.24. The molecule has 2 rings (SSSR count). The number of nitrogens with zero attached hydrogens (tertiary/aromatic N) is 1. The highest BCUT2D eigenvalue weighted by Crippen LogP contribution is 2.13. The van der Waals surface area contributed by atoms with Gasteiger partial charge in [0.15, 0.2) is 0 Å². The molecule has 0 radical (unpaired) electrons. The van der Waals surface area contributed by atoms with E-state index in [1.807, 2.05) is 30.3 Å². The van der Waals surface area contributed by atoms with E-state index in [-0.39, 0.29) is 11.9 Å². The van der Waals surface area contributed by atoms with Crippen LogP contribution in [0.5, 0.6) is 0 Å². The average molecular weight is 346 g/mol. The maximum atomic E-state index is 12.4. The van der Waals surface area contributed by atoms with Crippen molar-refractivity contribution in [1.29, 1.82) is 0 Å². The topological polar surface area (TPSA) is 58.6 Å². The van der Waals surface area contributed by atoms with E-state index in [2.05, 4.69) is 5.43 Å². The number of ether oxygens (including phenoxy) is 1. The van der Waals surface area contributed by atoms with E-state index in [1.54, 1.807) is 11.9 Å². The number of amides is 1. The van der Waals surface area contributed by atoms with Gasteiger partial charge < -0.3 is 4.74 Å². The van der Waals surface area contributed by atoms with E-state index in [1.165, 1.54) is 12.0 Å². The van der Waals surface area contributed by atoms with Crippen LogP contribution >= 0.6 is 0 Å². The summed E-state index contributed by atoms with van der Waals surface area (Å²) in [4.78, 5) is 24.8. The fourth-order valence-electron chi connectivity index (χ4n) is 3.09. The van der Waals surface area contributed by atoms with Gasteiger partial charge in [-0.2, -0.15) is 0 Å². The molecule has 5 nitrogen and oxygen atoms in total. The Labute approximate surface area is 150 Å². The first-order chi connectivity index (χ1) is 12.2. The van der Waals surface area contributed by atoms with Crippen LogP contribution in [0.25, 0.3) is 0 Å². The summed E-state index contributed by atoms with van der Waals surface area (Å²) in [5.74, 6) is -0.206. The molecule has 1 atom stereocenters. The van der Waals surface area contributed by atoms with Crippen LogP contribution in [0.4, 0.5) is 0 Å². The summed E-state index contributed by atoms with van der Waals surface area (Å²) in [5, 5.41) is 1.65. The number of rotatable bonds is 7. The Hall–Kier alpha value is -1.88. The molecule has 1 heterocycles. The van der Waals surface area contributed by atoms with Gasteiger partial charge in [0.05, 0.1) is 6.61 Å². The van der Waals surface area contributed by atoms with E-state index in [4.69, 9.17) is 4.74 Å². The zero-order chi connectivity index (χ0) is 17.9. The lowest BCUT2D eigenvalue weighted by atomic mass is 10.1. The molecule has 1 aliphatic heterocycles. The number of carbonyl (C=O) groups excluding carboxylic acids is 2. The summed E-state index contributed by atoms with van der Waals surface area (Å²) < 4.78 is 5.21. The largest absolute Gasteiger partial charge is 0.465 e. The minimum Gasteiger partial charge on any atom is -0.465 e. The number of carbonyl (C=O) groups is 2. The highest BCUT2D eigenvalue weighted by molar-refractivity contribution is 5.78. The van der Waals surface area contributed by atoms with Crippen LogP contribution in [0.15, 0.2) is 30.3 Å². The van der Waals surface area contributed by atoms with Crippen molar-refractivity contribution in [3.8, 4) is 0 Å². The molecular formula is C20H30N2O3. The van der Waals surface area contributed by atoms with Crippen molar-refractivity contribution in [3.05, 3.63) is 35.9 Å². The predicted molar refractivity (Wildman–Crippen MR) is 97.7 cm³/mol. The van der Waals surface area contributed by atoms with E-state index in [0.717, 1.165) is 32.1 Å². The van der Waals surface area contributed by atoms with Gasteiger partial charge in [-0.25, -0.2) is 5.43 Å². The van der Waals surface area contributed by atoms with E-state index in [0.29, 0.717) is 26.0 Å². The first kappa shape index (κ1) is 19.4. The number of benzene rings is 1. The highest BCUT2D eigenvalue weighted by Gasteiger charge is 2.25. The fraction of sp³-hybridized carbons (Fsp3) is 0.600. The first-order valence-corrected chi connectivity index (χ1v) is 9.47. The van der Waals surface area contributed by atoms with Crippen molar-refractivity contribution in [2.24, 2.45) is 0 Å². The minimum absolute atomic E-state index is 0.0795. The quantitative estimate of drug-likeness (QED) is 0.770. The second-order valence-corrected chi connectivity index (χ2v) is 6.52. The molecule has 0 spiro atoms. The lowest BCUT2D eigenvalue weighted by Crippen LogP contribution is -2.52. The summed E-state index contributed by atoms with van der Waals surface area (Å²) in [6, 6.07) is 9.57. The minimum atomic E-state index is -0.496. The second kappa shape index (κ2) is 10.9. The third-order valence-electron chi connectivity index (χ3n) is 4.52. The van der Waals surface area contributed by atoms with Gasteiger partial charge in [-0.1, -0.05) is 49.6 Å². The van der Waals surface area contributed by atoms with E-state index in [9.17, 15) is 9.59 Å². The Kier molecular flexibility index (Phi) is 8.46. The summed E-state index contributed by atoms with van der Waals surface area (Å²) >= 11 is 0. The number of hydrazine groups is 1. The molecule has 1 amide bonds. The van der Waals surface area contributed by atoms with E-state index < -0.39 is 6.04 Å². The van der Waals surface area contributed by atoms with Crippen molar-refractivity contribution in [1.82, 2.24) is 10.4 Å². The van der Waals surface area contributed by atoms with Crippen molar-refractivity contribution >= 4 is 11.9 Å². The van der Waals surface area contributed by atoms with Crippen LogP contribution in [-0.2, 0) is 20.7 Å². The van der Waals surface area contributed by atoms with E-state index >= 15 is 0 Å². The normalized spacial score (nSPS) is 17.3. The molecule has 1 aromatic rings. The monoisotopic (exact) mass is 346 g/mol. The average Bonchev–Trinajstić information content (AvgIpc) is 2.72. The SMILES string of the molecule is CCOC(=O)C(CCc1ccccc1)NN1CCCCCCCC1=O. The number of hydrogen-bond donors (Lipinski definition) is 1. The maximum absolute atomic E-state index is 12.4. The molecular weight excluding hydrogens is 316 g/mol. The van der Waals surface area contributed by atoms with Crippen LogP contribution in [-0.4, -0.2) is 36.1 Å². The summed E-state index contributed by atoms with van der Waals surface area (Å²) in [6.07, 6.45) is 7.20. The zero-order valence-corrected chi connectivity index (χ0v) is 15.2. The number of nitrogens with one attached hydrogen (secondary N) is 1. The molecule has 25 heavy (non-hydrogen) atoms. The Morgan fingerprint density at radius 2 is 1.88 bits per heavy atom. The highest BCUT2D eigenvalue weighted by atomic mass is 16.5. The van der Waals surface area contributed by atoms with Crippen LogP contribution in [0.3, 0.4) is 0 Å². The van der Waals surface area contributed by atoms with Gasteiger partial charge in [-0.15, -0.1) is 0 Å².